The first-order valence-corrected chi connectivity index (χ1v) is 12.6. The highest BCUT2D eigenvalue weighted by Crippen LogP contribution is 2.32. The van der Waals surface area contributed by atoms with Gasteiger partial charge in [0.1, 0.15) is 14.6 Å². The molecule has 0 saturated carbocycles. The molecule has 2 rings (SSSR count). The first-order chi connectivity index (χ1) is 10.7. The van der Waals surface area contributed by atoms with Crippen LogP contribution in [0.4, 0.5) is 0 Å². The van der Waals surface area contributed by atoms with Crippen molar-refractivity contribution >= 4 is 48.5 Å². The van der Waals surface area contributed by atoms with Crippen LogP contribution in [0.3, 0.4) is 0 Å². The molecule has 2 aromatic rings. The number of hydrogen-bond donors (Lipinski definition) is 0. The molecule has 3 nitrogen and oxygen atoms in total. The summed E-state index contributed by atoms with van der Waals surface area (Å²) in [6, 6.07) is 5.03. The van der Waals surface area contributed by atoms with E-state index in [1.54, 1.807) is 0 Å². The second-order valence-corrected chi connectivity index (χ2v) is 13.7. The van der Waals surface area contributed by atoms with E-state index in [4.69, 9.17) is 4.74 Å². The van der Waals surface area contributed by atoms with Gasteiger partial charge in [-0.05, 0) is 37.0 Å². The highest BCUT2D eigenvalue weighted by Gasteiger charge is 2.17. The van der Waals surface area contributed by atoms with Gasteiger partial charge in [0.25, 0.3) is 0 Å². The van der Waals surface area contributed by atoms with Crippen molar-refractivity contribution in [3.8, 4) is 0 Å². The van der Waals surface area contributed by atoms with Gasteiger partial charge >= 0.3 is 0 Å². The van der Waals surface area contributed by atoms with Crippen LogP contribution in [-0.4, -0.2) is 32.9 Å². The van der Waals surface area contributed by atoms with Gasteiger partial charge in [-0.2, -0.15) is 0 Å². The lowest BCUT2D eigenvalue weighted by Gasteiger charge is -2.16. The topological polar surface area (TPSA) is 31.2 Å². The predicted molar refractivity (Wildman–Crippen MR) is 106 cm³/mol. The van der Waals surface area contributed by atoms with E-state index in [0.29, 0.717) is 13.1 Å². The van der Waals surface area contributed by atoms with E-state index in [9.17, 15) is 4.79 Å². The molecule has 0 saturated heterocycles. The van der Waals surface area contributed by atoms with E-state index >= 15 is 0 Å². The Labute approximate surface area is 148 Å². The highest BCUT2D eigenvalue weighted by molar-refractivity contribution is 9.10. The molecular weight excluding hydrogens is 369 g/mol. The molecular formula is C17H25BBrNO2Si. The first kappa shape index (κ1) is 18.5. The molecule has 0 aliphatic rings. The number of aromatic nitrogens is 1. The number of ketones is 1. The highest BCUT2D eigenvalue weighted by atomic mass is 79.9. The van der Waals surface area contributed by atoms with Crippen molar-refractivity contribution in [3.05, 3.63) is 33.9 Å². The van der Waals surface area contributed by atoms with Gasteiger partial charge < -0.3 is 9.30 Å². The summed E-state index contributed by atoms with van der Waals surface area (Å²) in [5.41, 5.74) is 2.93. The molecule has 0 amide bonds. The minimum Gasteiger partial charge on any atom is -0.361 e. The maximum Gasteiger partial charge on any atom is 0.157 e. The summed E-state index contributed by atoms with van der Waals surface area (Å²) in [5.74, 6) is 0.170. The molecule has 23 heavy (non-hydrogen) atoms. The maximum absolute atomic E-state index is 12.3. The molecule has 0 bridgehead atoms. The Kier molecular flexibility index (Phi) is 5.92. The smallest absolute Gasteiger partial charge is 0.157 e. The van der Waals surface area contributed by atoms with Gasteiger partial charge in [-0.15, -0.1) is 0 Å². The number of ether oxygens (including phenoxy) is 1. The van der Waals surface area contributed by atoms with Crippen molar-refractivity contribution < 1.29 is 9.53 Å². The number of hydrogen-bond acceptors (Lipinski definition) is 2. The van der Waals surface area contributed by atoms with E-state index < -0.39 is 8.07 Å². The fraction of sp³-hybridized carbons (Fsp3) is 0.471. The van der Waals surface area contributed by atoms with Crippen LogP contribution in [0.5, 0.6) is 0 Å². The number of halogens is 1. The molecule has 0 fully saturated rings. The molecule has 0 unspecified atom stereocenters. The summed E-state index contributed by atoms with van der Waals surface area (Å²) in [6.07, 6.45) is 2.59. The Balaban J connectivity index is 2.33. The fourth-order valence-electron chi connectivity index (χ4n) is 2.66. The van der Waals surface area contributed by atoms with Gasteiger partial charge in [0.2, 0.25) is 0 Å². The number of carbonyl (C=O) groups is 1. The Bertz CT molecular complexity index is 721. The summed E-state index contributed by atoms with van der Waals surface area (Å²) in [7, 11) is 0.820. The van der Waals surface area contributed by atoms with Gasteiger partial charge in [-0.1, -0.05) is 35.6 Å². The zero-order valence-corrected chi connectivity index (χ0v) is 17.3. The minimum absolute atomic E-state index is 0.170. The molecule has 0 atom stereocenters. The minimum atomic E-state index is -1.08. The third kappa shape index (κ3) is 4.37. The van der Waals surface area contributed by atoms with Crippen LogP contribution in [0.2, 0.25) is 32.0 Å². The third-order valence-electron chi connectivity index (χ3n) is 4.01. The number of aryl methyl sites for hydroxylation is 1. The lowest BCUT2D eigenvalue weighted by Crippen LogP contribution is -2.22. The zero-order chi connectivity index (χ0) is 17.2. The number of Topliss-reactive ketones (excluding diaryl/α,β-unsaturated/α-hetero) is 1. The van der Waals surface area contributed by atoms with E-state index in [1.807, 2.05) is 20.0 Å². The van der Waals surface area contributed by atoms with Crippen LogP contribution >= 0.6 is 15.9 Å². The van der Waals surface area contributed by atoms with Gasteiger partial charge in [-0.3, -0.25) is 4.79 Å². The molecule has 0 radical (unpaired) electrons. The van der Waals surface area contributed by atoms with Crippen LogP contribution in [0, 0.1) is 6.92 Å². The normalized spacial score (nSPS) is 12.0. The van der Waals surface area contributed by atoms with Crippen LogP contribution in [0.15, 0.2) is 22.8 Å². The average molecular weight is 394 g/mol. The number of benzene rings is 1. The molecule has 0 N–H and O–H groups in total. The molecule has 1 aromatic heterocycles. The lowest BCUT2D eigenvalue weighted by atomic mass is 9.94. The van der Waals surface area contributed by atoms with Crippen molar-refractivity contribution in [2.24, 2.45) is 0 Å². The number of carbonyl (C=O) groups excluding carboxylic acids is 1. The third-order valence-corrected chi connectivity index (χ3v) is 6.37. The summed E-state index contributed by atoms with van der Waals surface area (Å²) in [4.78, 5) is 12.3. The van der Waals surface area contributed by atoms with Crippen LogP contribution in [0.1, 0.15) is 15.9 Å². The van der Waals surface area contributed by atoms with Gasteiger partial charge in [0.15, 0.2) is 5.78 Å². The van der Waals surface area contributed by atoms with Crippen LogP contribution in [-0.2, 0) is 11.5 Å². The van der Waals surface area contributed by atoms with Crippen molar-refractivity contribution in [2.45, 2.75) is 45.7 Å². The summed E-state index contributed by atoms with van der Waals surface area (Å²) in [6.45, 7) is 10.4. The molecule has 0 aliphatic heterocycles. The average Bonchev–Trinajstić information content (AvgIpc) is 2.80. The second-order valence-electron chi connectivity index (χ2n) is 7.23. The Morgan fingerprint density at radius 2 is 2.04 bits per heavy atom. The monoisotopic (exact) mass is 393 g/mol. The molecule has 0 spiro atoms. The zero-order valence-electron chi connectivity index (χ0n) is 14.7. The quantitative estimate of drug-likeness (QED) is 0.399. The van der Waals surface area contributed by atoms with E-state index in [1.165, 1.54) is 0 Å². The first-order valence-electron chi connectivity index (χ1n) is 8.13. The van der Waals surface area contributed by atoms with Gasteiger partial charge in [0.05, 0.1) is 5.52 Å². The molecule has 1 heterocycles. The van der Waals surface area contributed by atoms with E-state index in [-0.39, 0.29) is 5.78 Å². The molecule has 1 aromatic carbocycles. The number of nitrogens with zero attached hydrogens (tertiary/aromatic N) is 1. The van der Waals surface area contributed by atoms with E-state index in [0.717, 1.165) is 39.2 Å². The summed E-state index contributed by atoms with van der Waals surface area (Å²) < 4.78 is 8.99. The number of fused-ring (bicyclic) bond motifs is 1. The SMILES string of the molecule is BCC(=O)c1ccc(Br)c2c(C)cn(COCC[Si](C)(C)C)c12. The number of rotatable bonds is 7. The van der Waals surface area contributed by atoms with Gasteiger partial charge in [0, 0.05) is 36.3 Å². The van der Waals surface area contributed by atoms with Crippen molar-refractivity contribution in [1.29, 1.82) is 0 Å². The van der Waals surface area contributed by atoms with Gasteiger partial charge in [-0.25, -0.2) is 0 Å². The lowest BCUT2D eigenvalue weighted by molar-refractivity contribution is 0.0898. The van der Waals surface area contributed by atoms with Crippen LogP contribution < -0.4 is 0 Å². The maximum atomic E-state index is 12.3. The summed E-state index contributed by atoms with van der Waals surface area (Å²) >= 11 is 3.61. The van der Waals surface area contributed by atoms with Crippen molar-refractivity contribution in [1.82, 2.24) is 4.57 Å². The Hall–Kier alpha value is -0.848. The van der Waals surface area contributed by atoms with Crippen LogP contribution in [0.25, 0.3) is 10.9 Å². The van der Waals surface area contributed by atoms with E-state index in [2.05, 4.69) is 53.3 Å². The largest absolute Gasteiger partial charge is 0.361 e. The Morgan fingerprint density at radius 3 is 2.65 bits per heavy atom. The standard InChI is InChI=1S/C17H25BBrNO2Si/c1-12-10-20(11-22-7-8-23(2,3)4)17-13(15(21)9-18)5-6-14(19)16(12)17/h5-6,10H,7-9,11,18H2,1-4H3. The molecule has 124 valence electrons. The Morgan fingerprint density at radius 1 is 1.35 bits per heavy atom. The summed E-state index contributed by atoms with van der Waals surface area (Å²) in [5, 5.41) is 1.11. The van der Waals surface area contributed by atoms with Crippen molar-refractivity contribution in [3.63, 3.8) is 0 Å². The predicted octanol–water partition coefficient (Wildman–Crippen LogP) is 4.26. The molecule has 0 aliphatic carbocycles. The molecule has 6 heteroatoms. The van der Waals surface area contributed by atoms with Crippen molar-refractivity contribution in [2.75, 3.05) is 6.61 Å². The fourth-order valence-corrected chi connectivity index (χ4v) is 4.05. The second kappa shape index (κ2) is 7.36.